The van der Waals surface area contributed by atoms with Gasteiger partial charge in [0.2, 0.25) is 0 Å². The fourth-order valence-electron chi connectivity index (χ4n) is 8.21. The van der Waals surface area contributed by atoms with Gasteiger partial charge in [-0.2, -0.15) is 0 Å². The van der Waals surface area contributed by atoms with E-state index >= 15 is 0 Å². The molecule has 3 saturated carbocycles. The van der Waals surface area contributed by atoms with Crippen LogP contribution in [0, 0.1) is 28.6 Å². The normalized spacial score (nSPS) is 36.8. The Bertz CT molecular complexity index is 1190. The molecule has 1 amide bonds. The number of nitrogens with zero attached hydrogens (tertiary/aromatic N) is 1. The number of nitrogens with one attached hydrogen (secondary N) is 1. The number of carbonyl (C=O) groups excluding carboxylic acids is 1. The molecule has 5 rings (SSSR count). The van der Waals surface area contributed by atoms with Gasteiger partial charge in [-0.3, -0.25) is 9.59 Å². The van der Waals surface area contributed by atoms with Gasteiger partial charge in [0.15, 0.2) is 6.61 Å². The topological polar surface area (TPSA) is 108 Å². The number of allylic oxidation sites excluding steroid dienone is 4. The third-order valence-electron chi connectivity index (χ3n) is 10.7. The Morgan fingerprint density at radius 2 is 1.85 bits per heavy atom. The lowest BCUT2D eigenvalue weighted by atomic mass is 9.47. The molecule has 0 spiro atoms. The number of aliphatic hydroxyl groups is 1. The minimum absolute atomic E-state index is 0.00825. The number of hydrogen-bond donors (Lipinski definition) is 3. The minimum atomic E-state index is -0.906. The molecule has 4 aliphatic carbocycles. The molecular weight excluding hydrogens is 492 g/mol. The summed E-state index contributed by atoms with van der Waals surface area (Å²) in [6, 6.07) is 9.34. The van der Waals surface area contributed by atoms with Crippen molar-refractivity contribution in [3.63, 3.8) is 0 Å². The van der Waals surface area contributed by atoms with E-state index < -0.39 is 11.6 Å². The Balaban J connectivity index is 1.17. The molecule has 4 aliphatic rings. The van der Waals surface area contributed by atoms with E-state index in [1.54, 1.807) is 0 Å². The van der Waals surface area contributed by atoms with Gasteiger partial charge >= 0.3 is 5.97 Å². The second-order valence-corrected chi connectivity index (χ2v) is 12.8. The first-order chi connectivity index (χ1) is 18.5. The first-order valence-corrected chi connectivity index (χ1v) is 14.4. The third-order valence-corrected chi connectivity index (χ3v) is 10.7. The standard InChI is InChI=1S/C32H42N2O5/c1-30-14-11-24(34-39-20-28(35)33-19-22(17-29(36)37)21-7-5-4-6-8-21)18-23(30)9-10-25-26(30)12-15-31(2)27(25)13-16-32(31,3)38/h4-8,11,14,18,22,25-27,38H,9-10,12-13,15-17,19-20H2,1-3H3,(H,33,35)(H,36,37)/t22-,25+,26+,27+,30+,31+,32+/m1/s1. The number of carboxylic acid groups (broad SMARTS) is 1. The predicted octanol–water partition coefficient (Wildman–Crippen LogP) is 5.22. The van der Waals surface area contributed by atoms with Crippen molar-refractivity contribution in [2.45, 2.75) is 77.2 Å². The number of aliphatic carboxylic acids is 1. The second-order valence-electron chi connectivity index (χ2n) is 12.8. The SMILES string of the molecule is C[C@]12C=CC(=NOCC(=O)NC[C@@H](CC(=O)O)c3ccccc3)C=C1CC[C@H]1[C@@H]2CC[C@@]2(C)[C@H]1CC[C@]2(C)O. The summed E-state index contributed by atoms with van der Waals surface area (Å²) in [7, 11) is 0. The molecule has 7 nitrogen and oxygen atoms in total. The zero-order valence-electron chi connectivity index (χ0n) is 23.4. The predicted molar refractivity (Wildman–Crippen MR) is 150 cm³/mol. The smallest absolute Gasteiger partial charge is 0.304 e. The number of hydrogen-bond acceptors (Lipinski definition) is 5. The van der Waals surface area contributed by atoms with E-state index in [0.717, 1.165) is 44.1 Å². The molecule has 39 heavy (non-hydrogen) atoms. The van der Waals surface area contributed by atoms with Gasteiger partial charge < -0.3 is 20.4 Å². The van der Waals surface area contributed by atoms with Crippen LogP contribution in [0.5, 0.6) is 0 Å². The van der Waals surface area contributed by atoms with Crippen molar-refractivity contribution in [1.82, 2.24) is 5.32 Å². The summed E-state index contributed by atoms with van der Waals surface area (Å²) in [5, 5.41) is 27.4. The first-order valence-electron chi connectivity index (χ1n) is 14.4. The van der Waals surface area contributed by atoms with Gasteiger partial charge in [0.05, 0.1) is 12.0 Å². The van der Waals surface area contributed by atoms with Gasteiger partial charge in [0, 0.05) is 17.9 Å². The third kappa shape index (κ3) is 5.18. The molecule has 210 valence electrons. The van der Waals surface area contributed by atoms with Crippen molar-refractivity contribution in [3.05, 3.63) is 59.7 Å². The minimum Gasteiger partial charge on any atom is -0.481 e. The maximum atomic E-state index is 12.4. The van der Waals surface area contributed by atoms with Crippen LogP contribution >= 0.6 is 0 Å². The summed E-state index contributed by atoms with van der Waals surface area (Å²) in [6.45, 7) is 6.71. The van der Waals surface area contributed by atoms with Gasteiger partial charge in [-0.25, -0.2) is 0 Å². The van der Waals surface area contributed by atoms with Crippen molar-refractivity contribution in [2.75, 3.05) is 13.2 Å². The molecule has 0 unspecified atom stereocenters. The van der Waals surface area contributed by atoms with Crippen LogP contribution in [0.25, 0.3) is 0 Å². The Morgan fingerprint density at radius 3 is 2.59 bits per heavy atom. The summed E-state index contributed by atoms with van der Waals surface area (Å²) in [6.07, 6.45) is 12.7. The van der Waals surface area contributed by atoms with E-state index in [9.17, 15) is 19.8 Å². The second kappa shape index (κ2) is 10.6. The molecule has 0 radical (unpaired) electrons. The largest absolute Gasteiger partial charge is 0.481 e. The molecule has 1 aromatic rings. The average molecular weight is 535 g/mol. The van der Waals surface area contributed by atoms with Crippen LogP contribution in [0.1, 0.15) is 77.2 Å². The molecule has 7 atom stereocenters. The zero-order chi connectivity index (χ0) is 27.8. The van der Waals surface area contributed by atoms with Crippen LogP contribution < -0.4 is 5.32 Å². The molecule has 0 saturated heterocycles. The molecular formula is C32H42N2O5. The van der Waals surface area contributed by atoms with Gasteiger partial charge in [-0.05, 0) is 86.3 Å². The highest BCUT2D eigenvalue weighted by Crippen LogP contribution is 2.66. The molecule has 0 aromatic heterocycles. The van der Waals surface area contributed by atoms with Crippen LogP contribution in [-0.4, -0.2) is 46.6 Å². The van der Waals surface area contributed by atoms with Crippen LogP contribution in [0.15, 0.2) is 59.3 Å². The Labute approximate surface area is 231 Å². The molecule has 0 bridgehead atoms. The van der Waals surface area contributed by atoms with Crippen molar-refractivity contribution < 1.29 is 24.6 Å². The molecule has 0 heterocycles. The van der Waals surface area contributed by atoms with Crippen LogP contribution in [0.3, 0.4) is 0 Å². The van der Waals surface area contributed by atoms with E-state index in [2.05, 4.69) is 36.5 Å². The van der Waals surface area contributed by atoms with Gasteiger partial charge in [0.25, 0.3) is 5.91 Å². The highest BCUT2D eigenvalue weighted by atomic mass is 16.6. The maximum absolute atomic E-state index is 12.4. The summed E-state index contributed by atoms with van der Waals surface area (Å²) < 4.78 is 0. The van der Waals surface area contributed by atoms with E-state index in [4.69, 9.17) is 4.84 Å². The molecule has 1 aromatic carbocycles. The highest BCUT2D eigenvalue weighted by molar-refractivity contribution is 6.05. The monoisotopic (exact) mass is 534 g/mol. The molecule has 0 aliphatic heterocycles. The number of amides is 1. The van der Waals surface area contributed by atoms with Gasteiger partial charge in [0.1, 0.15) is 5.71 Å². The number of oxime groups is 1. The van der Waals surface area contributed by atoms with Gasteiger partial charge in [-0.1, -0.05) is 61.0 Å². The first kappa shape index (κ1) is 27.6. The number of carboxylic acids is 1. The van der Waals surface area contributed by atoms with E-state index in [-0.39, 0.29) is 42.2 Å². The van der Waals surface area contributed by atoms with Crippen LogP contribution in [-0.2, 0) is 14.4 Å². The number of rotatable bonds is 8. The highest BCUT2D eigenvalue weighted by Gasteiger charge is 2.61. The fraction of sp³-hybridized carbons (Fsp3) is 0.594. The quantitative estimate of drug-likeness (QED) is 0.396. The van der Waals surface area contributed by atoms with Crippen LogP contribution in [0.2, 0.25) is 0 Å². The average Bonchev–Trinajstić information content (AvgIpc) is 3.15. The van der Waals surface area contributed by atoms with Crippen molar-refractivity contribution in [3.8, 4) is 0 Å². The lowest BCUT2D eigenvalue weighted by Crippen LogP contribution is -2.53. The van der Waals surface area contributed by atoms with Crippen molar-refractivity contribution in [2.24, 2.45) is 33.7 Å². The van der Waals surface area contributed by atoms with E-state index in [0.29, 0.717) is 23.5 Å². The number of fused-ring (bicyclic) bond motifs is 5. The van der Waals surface area contributed by atoms with Crippen molar-refractivity contribution in [1.29, 1.82) is 0 Å². The summed E-state index contributed by atoms with van der Waals surface area (Å²) in [5.41, 5.74) is 2.41. The van der Waals surface area contributed by atoms with E-state index in [1.807, 2.05) is 43.3 Å². The number of carbonyl (C=O) groups is 2. The lowest BCUT2D eigenvalue weighted by Gasteiger charge is -2.58. The van der Waals surface area contributed by atoms with Crippen LogP contribution in [0.4, 0.5) is 0 Å². The summed E-state index contributed by atoms with van der Waals surface area (Å²) >= 11 is 0. The summed E-state index contributed by atoms with van der Waals surface area (Å²) in [5.74, 6) is 0.219. The van der Waals surface area contributed by atoms with Gasteiger partial charge in [-0.15, -0.1) is 0 Å². The fourth-order valence-corrected chi connectivity index (χ4v) is 8.21. The lowest BCUT2D eigenvalue weighted by molar-refractivity contribution is -0.137. The number of benzene rings is 1. The summed E-state index contributed by atoms with van der Waals surface area (Å²) in [4.78, 5) is 29.1. The molecule has 7 heteroatoms. The zero-order valence-corrected chi connectivity index (χ0v) is 23.4. The van der Waals surface area contributed by atoms with Crippen molar-refractivity contribution >= 4 is 17.6 Å². The molecule has 3 fully saturated rings. The Kier molecular flexibility index (Phi) is 7.49. The maximum Gasteiger partial charge on any atom is 0.304 e. The van der Waals surface area contributed by atoms with E-state index in [1.165, 1.54) is 5.57 Å². The Hall–Kier alpha value is -2.93. The Morgan fingerprint density at radius 1 is 1.10 bits per heavy atom. The molecule has 3 N–H and O–H groups in total.